The maximum atomic E-state index is 13.0. The van der Waals surface area contributed by atoms with Crippen LogP contribution >= 0.6 is 0 Å². The number of hydrogen-bond donors (Lipinski definition) is 1. The average molecular weight is 389 g/mol. The van der Waals surface area contributed by atoms with Gasteiger partial charge in [0.1, 0.15) is 23.3 Å². The third-order valence-electron chi connectivity index (χ3n) is 4.90. The number of rotatable bonds is 4. The molecule has 6 nitrogen and oxygen atoms in total. The molecule has 1 unspecified atom stereocenters. The lowest BCUT2D eigenvalue weighted by molar-refractivity contribution is -0.132. The highest BCUT2D eigenvalue weighted by molar-refractivity contribution is 6.51. The summed E-state index contributed by atoms with van der Waals surface area (Å²) >= 11 is 0. The molecular weight excluding hydrogens is 370 g/mol. The number of carbonyl (C=O) groups is 2. The Morgan fingerprint density at radius 1 is 1.07 bits per heavy atom. The molecule has 4 rings (SSSR count). The molecule has 2 heterocycles. The van der Waals surface area contributed by atoms with E-state index >= 15 is 0 Å². The van der Waals surface area contributed by atoms with Crippen molar-refractivity contribution in [3.63, 3.8) is 0 Å². The van der Waals surface area contributed by atoms with Crippen molar-refractivity contribution in [2.24, 2.45) is 0 Å². The maximum Gasteiger partial charge on any atom is 0.300 e. The van der Waals surface area contributed by atoms with Gasteiger partial charge in [0.15, 0.2) is 0 Å². The molecule has 0 radical (unpaired) electrons. The summed E-state index contributed by atoms with van der Waals surface area (Å²) in [5.41, 5.74) is 1.71. The van der Waals surface area contributed by atoms with Gasteiger partial charge in [0.2, 0.25) is 0 Å². The lowest BCUT2D eigenvalue weighted by Crippen LogP contribution is -2.29. The van der Waals surface area contributed by atoms with Gasteiger partial charge in [-0.2, -0.15) is 0 Å². The number of methoxy groups -OCH3 is 1. The van der Waals surface area contributed by atoms with Crippen LogP contribution in [0, 0.1) is 6.92 Å². The van der Waals surface area contributed by atoms with Crippen LogP contribution < -0.4 is 9.64 Å². The molecule has 0 bridgehead atoms. The van der Waals surface area contributed by atoms with Crippen LogP contribution in [0.5, 0.6) is 5.75 Å². The molecule has 1 atom stereocenters. The molecule has 6 heteroatoms. The number of aryl methyl sites for hydroxylation is 1. The number of ether oxygens (including phenoxy) is 1. The van der Waals surface area contributed by atoms with Crippen molar-refractivity contribution < 1.29 is 23.8 Å². The zero-order chi connectivity index (χ0) is 20.5. The van der Waals surface area contributed by atoms with Crippen molar-refractivity contribution >= 4 is 23.1 Å². The van der Waals surface area contributed by atoms with Crippen LogP contribution in [0.15, 0.2) is 76.9 Å². The molecule has 146 valence electrons. The Morgan fingerprint density at radius 3 is 2.48 bits per heavy atom. The summed E-state index contributed by atoms with van der Waals surface area (Å²) in [5.74, 6) is -1.04. The summed E-state index contributed by atoms with van der Waals surface area (Å²) in [4.78, 5) is 27.3. The summed E-state index contributed by atoms with van der Waals surface area (Å²) in [6.07, 6.45) is 1.47. The Hall–Kier alpha value is -3.80. The molecule has 1 fully saturated rings. The van der Waals surface area contributed by atoms with Crippen LogP contribution in [-0.2, 0) is 9.59 Å². The van der Waals surface area contributed by atoms with Gasteiger partial charge in [-0.05, 0) is 43.3 Å². The Labute approximate surface area is 167 Å². The van der Waals surface area contributed by atoms with E-state index < -0.39 is 17.7 Å². The van der Waals surface area contributed by atoms with Gasteiger partial charge in [0, 0.05) is 5.69 Å². The van der Waals surface area contributed by atoms with Gasteiger partial charge in [0.05, 0.1) is 24.5 Å². The van der Waals surface area contributed by atoms with Crippen LogP contribution in [0.1, 0.15) is 22.9 Å². The summed E-state index contributed by atoms with van der Waals surface area (Å²) in [7, 11) is 1.48. The highest BCUT2D eigenvalue weighted by Gasteiger charge is 2.48. The number of carbonyl (C=O) groups excluding carboxylic acids is 2. The summed E-state index contributed by atoms with van der Waals surface area (Å²) in [5, 5.41) is 11.1. The summed E-state index contributed by atoms with van der Waals surface area (Å²) in [6.45, 7) is 1.86. The van der Waals surface area contributed by atoms with Crippen molar-refractivity contribution in [2.45, 2.75) is 13.0 Å². The molecule has 1 aliphatic heterocycles. The summed E-state index contributed by atoms with van der Waals surface area (Å²) in [6, 6.07) is 16.5. The predicted molar refractivity (Wildman–Crippen MR) is 108 cm³/mol. The molecule has 0 aliphatic carbocycles. The molecule has 0 saturated carbocycles. The van der Waals surface area contributed by atoms with Gasteiger partial charge >= 0.3 is 0 Å². The normalized spacial score (nSPS) is 18.3. The second kappa shape index (κ2) is 7.31. The molecule has 1 aliphatic rings. The van der Waals surface area contributed by atoms with E-state index in [1.54, 1.807) is 48.5 Å². The zero-order valence-electron chi connectivity index (χ0n) is 16.0. The first-order valence-corrected chi connectivity index (χ1v) is 9.07. The standard InChI is InChI=1S/C23H19NO5/c1-14-10-11-17(28-2)16(13-14)21(25)19-20(18-9-6-12-29-18)24(23(27)22(19)26)15-7-4-3-5-8-15/h3-13,20,25H,1-2H3/b21-19-. The first-order chi connectivity index (χ1) is 14.0. The molecule has 1 N–H and O–H groups in total. The maximum absolute atomic E-state index is 13.0. The van der Waals surface area contributed by atoms with E-state index in [0.29, 0.717) is 22.8 Å². The van der Waals surface area contributed by atoms with Crippen LogP contribution in [-0.4, -0.2) is 23.9 Å². The van der Waals surface area contributed by atoms with Crippen LogP contribution in [0.25, 0.3) is 5.76 Å². The number of hydrogen-bond acceptors (Lipinski definition) is 5. The second-order valence-electron chi connectivity index (χ2n) is 6.72. The van der Waals surface area contributed by atoms with Gasteiger partial charge < -0.3 is 14.3 Å². The quantitative estimate of drug-likeness (QED) is 0.410. The third kappa shape index (κ3) is 3.08. The highest BCUT2D eigenvalue weighted by atomic mass is 16.5. The molecule has 1 amide bonds. The smallest absolute Gasteiger partial charge is 0.300 e. The van der Waals surface area contributed by atoms with Gasteiger partial charge in [-0.1, -0.05) is 29.8 Å². The fourth-order valence-corrected chi connectivity index (χ4v) is 3.56. The minimum atomic E-state index is -0.891. The number of anilines is 1. The second-order valence-corrected chi connectivity index (χ2v) is 6.72. The molecule has 29 heavy (non-hydrogen) atoms. The molecular formula is C23H19NO5. The number of para-hydroxylation sites is 1. The Morgan fingerprint density at radius 2 is 1.83 bits per heavy atom. The fraction of sp³-hybridized carbons (Fsp3) is 0.130. The first-order valence-electron chi connectivity index (χ1n) is 9.07. The van der Waals surface area contributed by atoms with Crippen LogP contribution in [0.2, 0.25) is 0 Å². The molecule has 0 spiro atoms. The predicted octanol–water partition coefficient (Wildman–Crippen LogP) is 4.22. The van der Waals surface area contributed by atoms with E-state index in [4.69, 9.17) is 9.15 Å². The van der Waals surface area contributed by atoms with Crippen LogP contribution in [0.4, 0.5) is 5.69 Å². The number of aliphatic hydroxyl groups excluding tert-OH is 1. The van der Waals surface area contributed by atoms with E-state index in [-0.39, 0.29) is 11.3 Å². The monoisotopic (exact) mass is 389 g/mol. The molecule has 3 aromatic rings. The topological polar surface area (TPSA) is 80.0 Å². The largest absolute Gasteiger partial charge is 0.507 e. The van der Waals surface area contributed by atoms with Gasteiger partial charge in [-0.3, -0.25) is 14.5 Å². The third-order valence-corrected chi connectivity index (χ3v) is 4.90. The molecule has 1 saturated heterocycles. The van der Waals surface area contributed by atoms with E-state index in [1.807, 2.05) is 19.1 Å². The SMILES string of the molecule is COc1ccc(C)cc1/C(O)=C1/C(=O)C(=O)N(c2ccccc2)C1c1ccco1. The number of Topliss-reactive ketones (excluding diaryl/α,β-unsaturated/α-hetero) is 1. The van der Waals surface area contributed by atoms with Crippen molar-refractivity contribution in [1.82, 2.24) is 0 Å². The molecule has 2 aromatic carbocycles. The Bertz CT molecular complexity index is 1100. The lowest BCUT2D eigenvalue weighted by atomic mass is 9.97. The molecule has 1 aromatic heterocycles. The number of aliphatic hydroxyl groups is 1. The van der Waals surface area contributed by atoms with Crippen molar-refractivity contribution in [3.8, 4) is 5.75 Å². The van der Waals surface area contributed by atoms with Crippen molar-refractivity contribution in [1.29, 1.82) is 0 Å². The average Bonchev–Trinajstić information content (AvgIpc) is 3.35. The number of amides is 1. The first kappa shape index (κ1) is 18.6. The van der Waals surface area contributed by atoms with Gasteiger partial charge in [-0.15, -0.1) is 0 Å². The lowest BCUT2D eigenvalue weighted by Gasteiger charge is -2.23. The Balaban J connectivity index is 1.96. The van der Waals surface area contributed by atoms with Gasteiger partial charge in [0.25, 0.3) is 11.7 Å². The number of benzene rings is 2. The van der Waals surface area contributed by atoms with E-state index in [2.05, 4.69) is 0 Å². The van der Waals surface area contributed by atoms with Crippen molar-refractivity contribution in [2.75, 3.05) is 12.0 Å². The van der Waals surface area contributed by atoms with E-state index in [0.717, 1.165) is 5.56 Å². The van der Waals surface area contributed by atoms with E-state index in [1.165, 1.54) is 18.3 Å². The number of ketones is 1. The van der Waals surface area contributed by atoms with Gasteiger partial charge in [-0.25, -0.2) is 0 Å². The fourth-order valence-electron chi connectivity index (χ4n) is 3.56. The van der Waals surface area contributed by atoms with Crippen LogP contribution in [0.3, 0.4) is 0 Å². The zero-order valence-corrected chi connectivity index (χ0v) is 16.0. The Kier molecular flexibility index (Phi) is 4.68. The summed E-state index contributed by atoms with van der Waals surface area (Å²) < 4.78 is 10.9. The number of nitrogens with zero attached hydrogens (tertiary/aromatic N) is 1. The minimum Gasteiger partial charge on any atom is -0.507 e. The number of furan rings is 1. The highest BCUT2D eigenvalue weighted by Crippen LogP contribution is 2.43. The van der Waals surface area contributed by atoms with E-state index in [9.17, 15) is 14.7 Å². The van der Waals surface area contributed by atoms with Crippen molar-refractivity contribution in [3.05, 3.63) is 89.4 Å². The minimum absolute atomic E-state index is 0.0438.